The lowest BCUT2D eigenvalue weighted by Crippen LogP contribution is -2.40. The fourth-order valence-electron chi connectivity index (χ4n) is 7.91. The van der Waals surface area contributed by atoms with Crippen molar-refractivity contribution in [2.75, 3.05) is 32.8 Å². The van der Waals surface area contributed by atoms with Crippen LogP contribution in [-0.2, 0) is 25.6 Å². The molecule has 0 spiro atoms. The maximum absolute atomic E-state index is 13.0. The minimum Gasteiger partial charge on any atom is -0.465 e. The summed E-state index contributed by atoms with van der Waals surface area (Å²) in [4.78, 5) is 32.2. The molecule has 4 unspecified atom stereocenters. The van der Waals surface area contributed by atoms with Crippen LogP contribution in [0.4, 0.5) is 0 Å². The van der Waals surface area contributed by atoms with Gasteiger partial charge in [0.1, 0.15) is 12.7 Å². The molecule has 58 heavy (non-hydrogen) atoms. The molecule has 0 aromatic carbocycles. The van der Waals surface area contributed by atoms with Gasteiger partial charge < -0.3 is 19.7 Å². The summed E-state index contributed by atoms with van der Waals surface area (Å²) < 4.78 is 13.3. The third-order valence-corrected chi connectivity index (χ3v) is 11.7. The van der Waals surface area contributed by atoms with Gasteiger partial charge in [-0.2, -0.15) is 5.10 Å². The van der Waals surface area contributed by atoms with Crippen LogP contribution in [-0.4, -0.2) is 86.9 Å². The van der Waals surface area contributed by atoms with Gasteiger partial charge in [-0.3, -0.25) is 19.2 Å². The van der Waals surface area contributed by atoms with E-state index in [1.165, 1.54) is 109 Å². The number of hydrogen-bond acceptors (Lipinski definition) is 9. The predicted octanol–water partition coefficient (Wildman–Crippen LogP) is 11.4. The van der Waals surface area contributed by atoms with Crippen molar-refractivity contribution in [3.8, 4) is 0 Å². The summed E-state index contributed by atoms with van der Waals surface area (Å²) in [5.74, 6) is -0.0679. The maximum Gasteiger partial charge on any atom is 0.308 e. The maximum atomic E-state index is 13.0. The van der Waals surface area contributed by atoms with Gasteiger partial charge in [0.15, 0.2) is 0 Å². The third kappa shape index (κ3) is 30.9. The molecule has 4 atom stereocenters. The number of rotatable bonds is 43. The first-order valence-electron chi connectivity index (χ1n) is 24.6. The lowest BCUT2D eigenvalue weighted by Gasteiger charge is -2.27. The molecule has 0 fully saturated rings. The van der Waals surface area contributed by atoms with E-state index in [4.69, 9.17) is 9.47 Å². The molecule has 1 aromatic rings. The molecule has 0 radical (unpaired) electrons. The average molecular weight is 821 g/mol. The summed E-state index contributed by atoms with van der Waals surface area (Å²) >= 11 is 0. The van der Waals surface area contributed by atoms with E-state index in [0.29, 0.717) is 52.2 Å². The van der Waals surface area contributed by atoms with E-state index >= 15 is 0 Å². The van der Waals surface area contributed by atoms with Gasteiger partial charge in [0, 0.05) is 19.6 Å². The van der Waals surface area contributed by atoms with Crippen LogP contribution in [0.25, 0.3) is 0 Å². The van der Waals surface area contributed by atoms with E-state index in [9.17, 15) is 19.8 Å². The van der Waals surface area contributed by atoms with Crippen LogP contribution in [0.2, 0.25) is 0 Å². The van der Waals surface area contributed by atoms with Gasteiger partial charge in [0.2, 0.25) is 0 Å². The molecule has 0 amide bonds. The second-order valence-electron chi connectivity index (χ2n) is 17.3. The number of esters is 2. The predicted molar refractivity (Wildman–Crippen MR) is 239 cm³/mol. The molecule has 0 saturated carbocycles. The highest BCUT2D eigenvalue weighted by molar-refractivity contribution is 5.72. The van der Waals surface area contributed by atoms with Gasteiger partial charge in [-0.25, -0.2) is 4.98 Å². The number of aliphatic hydroxyl groups excluding tert-OH is 2. The van der Waals surface area contributed by atoms with Crippen molar-refractivity contribution in [3.63, 3.8) is 0 Å². The third-order valence-electron chi connectivity index (χ3n) is 11.7. The highest BCUT2D eigenvalue weighted by atomic mass is 16.5. The number of carbonyl (C=O) groups is 2. The van der Waals surface area contributed by atoms with Crippen LogP contribution < -0.4 is 0 Å². The van der Waals surface area contributed by atoms with Crippen molar-refractivity contribution >= 4 is 11.9 Å². The Morgan fingerprint density at radius 1 is 0.534 bits per heavy atom. The van der Waals surface area contributed by atoms with Gasteiger partial charge in [-0.05, 0) is 64.2 Å². The minimum atomic E-state index is -0.552. The van der Waals surface area contributed by atoms with Crippen molar-refractivity contribution in [3.05, 3.63) is 12.7 Å². The molecule has 1 rings (SSSR count). The Balaban J connectivity index is 2.49. The summed E-state index contributed by atoms with van der Waals surface area (Å²) in [6, 6.07) is 0. The number of aromatic nitrogens is 3. The smallest absolute Gasteiger partial charge is 0.308 e. The van der Waals surface area contributed by atoms with E-state index in [1.807, 2.05) is 0 Å². The normalized spacial score (nSPS) is 13.8. The second-order valence-corrected chi connectivity index (χ2v) is 17.3. The molecule has 0 aliphatic heterocycles. The molecule has 340 valence electrons. The Morgan fingerprint density at radius 3 is 1.28 bits per heavy atom. The number of hydrogen-bond donors (Lipinski definition) is 2. The van der Waals surface area contributed by atoms with Crippen molar-refractivity contribution in [1.29, 1.82) is 0 Å². The Bertz CT molecular complexity index is 981. The van der Waals surface area contributed by atoms with Crippen molar-refractivity contribution in [1.82, 2.24) is 19.7 Å². The monoisotopic (exact) mass is 821 g/mol. The highest BCUT2D eigenvalue weighted by Gasteiger charge is 2.21. The number of aliphatic hydroxyl groups is 2. The van der Waals surface area contributed by atoms with Crippen LogP contribution >= 0.6 is 0 Å². The first kappa shape index (κ1) is 54.0. The van der Waals surface area contributed by atoms with E-state index in [0.717, 1.165) is 77.0 Å². The second kappa shape index (κ2) is 39.1. The minimum absolute atomic E-state index is 0.00536. The van der Waals surface area contributed by atoms with Crippen LogP contribution in [0.5, 0.6) is 0 Å². The molecule has 0 saturated heterocycles. The topological polar surface area (TPSA) is 127 Å². The van der Waals surface area contributed by atoms with Gasteiger partial charge in [0.05, 0.1) is 43.8 Å². The van der Waals surface area contributed by atoms with Gasteiger partial charge >= 0.3 is 11.9 Å². The molecule has 1 aromatic heterocycles. The number of nitrogens with zero attached hydrogens (tertiary/aromatic N) is 4. The molecule has 10 nitrogen and oxygen atoms in total. The number of unbranched alkanes of at least 4 members (excludes halogenated alkanes) is 18. The van der Waals surface area contributed by atoms with E-state index in [-0.39, 0.29) is 23.8 Å². The summed E-state index contributed by atoms with van der Waals surface area (Å²) in [7, 11) is 0. The standard InChI is InChI=1S/C48H92N4O6/c1-5-9-13-17-19-23-31-43(29-21-15-11-7-3)47(55)57-37-27-25-33-45(53)39-51(35-36-52-42-49-41-50-52)40-46(54)34-26-28-38-58-48(56)44(30-22-16-12-8-4)32-24-20-18-14-10-6-2/h41-46,53-54H,5-40H2,1-4H3. The first-order valence-corrected chi connectivity index (χ1v) is 24.6. The van der Waals surface area contributed by atoms with Crippen molar-refractivity contribution in [2.45, 2.75) is 239 Å². The Kier molecular flexibility index (Phi) is 36.4. The SMILES string of the molecule is CCCCCCCCC(CCCCCC)C(=O)OCCCCC(O)CN(CCn1cncn1)CC(O)CCCCOC(=O)C(CCCCCC)CCCCCCCC. The fourth-order valence-corrected chi connectivity index (χ4v) is 7.91. The highest BCUT2D eigenvalue weighted by Crippen LogP contribution is 2.22. The molecular weight excluding hydrogens is 729 g/mol. The Hall–Kier alpha value is -2.04. The molecular formula is C48H92N4O6. The summed E-state index contributed by atoms with van der Waals surface area (Å²) in [5, 5.41) is 26.2. The lowest BCUT2D eigenvalue weighted by molar-refractivity contribution is -0.150. The van der Waals surface area contributed by atoms with E-state index in [1.54, 1.807) is 11.0 Å². The molecule has 10 heteroatoms. The Labute approximate surface area is 356 Å². The van der Waals surface area contributed by atoms with Crippen molar-refractivity contribution < 1.29 is 29.3 Å². The number of carbonyl (C=O) groups excluding carboxylic acids is 2. The zero-order valence-corrected chi connectivity index (χ0v) is 38.2. The molecule has 0 bridgehead atoms. The molecule has 2 N–H and O–H groups in total. The van der Waals surface area contributed by atoms with Crippen LogP contribution in [0, 0.1) is 11.8 Å². The summed E-state index contributed by atoms with van der Waals surface area (Å²) in [6.07, 6.45) is 34.1. The van der Waals surface area contributed by atoms with Crippen molar-refractivity contribution in [2.24, 2.45) is 11.8 Å². The zero-order valence-electron chi connectivity index (χ0n) is 38.2. The fraction of sp³-hybridized carbons (Fsp3) is 0.917. The van der Waals surface area contributed by atoms with Crippen LogP contribution in [0.15, 0.2) is 12.7 Å². The largest absolute Gasteiger partial charge is 0.465 e. The van der Waals surface area contributed by atoms with E-state index < -0.39 is 12.2 Å². The van der Waals surface area contributed by atoms with Crippen LogP contribution in [0.1, 0.15) is 220 Å². The average Bonchev–Trinajstić information content (AvgIpc) is 3.74. The lowest BCUT2D eigenvalue weighted by atomic mass is 9.94. The molecule has 1 heterocycles. The number of ether oxygens (including phenoxy) is 2. The van der Waals surface area contributed by atoms with Gasteiger partial charge in [-0.1, -0.05) is 156 Å². The summed E-state index contributed by atoms with van der Waals surface area (Å²) in [6.45, 7) is 11.8. The molecule has 0 aliphatic rings. The van der Waals surface area contributed by atoms with Gasteiger partial charge in [-0.15, -0.1) is 0 Å². The van der Waals surface area contributed by atoms with E-state index in [2.05, 4.69) is 42.7 Å². The molecule has 0 aliphatic carbocycles. The quantitative estimate of drug-likeness (QED) is 0.0489. The Morgan fingerprint density at radius 2 is 0.897 bits per heavy atom. The van der Waals surface area contributed by atoms with Crippen LogP contribution in [0.3, 0.4) is 0 Å². The van der Waals surface area contributed by atoms with Gasteiger partial charge in [0.25, 0.3) is 0 Å². The zero-order chi connectivity index (χ0) is 42.3. The first-order chi connectivity index (χ1) is 28.3. The summed E-state index contributed by atoms with van der Waals surface area (Å²) in [5.41, 5.74) is 0.